The minimum Gasteiger partial charge on any atom is -1.00 e. The van der Waals surface area contributed by atoms with Crippen LogP contribution in [-0.2, 0) is 9.09 Å². The lowest BCUT2D eigenvalue weighted by molar-refractivity contribution is -0.870. The van der Waals surface area contributed by atoms with E-state index in [0.717, 1.165) is 11.0 Å². The molecule has 0 heterocycles. The van der Waals surface area contributed by atoms with Crippen LogP contribution in [0.15, 0.2) is 0 Å². The summed E-state index contributed by atoms with van der Waals surface area (Å²) in [6.45, 7) is 1.47. The first kappa shape index (κ1) is 12.9. The van der Waals surface area contributed by atoms with Crippen molar-refractivity contribution in [1.29, 1.82) is 0 Å². The van der Waals surface area contributed by atoms with Crippen molar-refractivity contribution < 1.29 is 26.0 Å². The molecule has 0 amide bonds. The smallest absolute Gasteiger partial charge is 0.494 e. The molecule has 0 aromatic carbocycles. The van der Waals surface area contributed by atoms with Gasteiger partial charge in [-0.15, -0.1) is 4.52 Å². The quantitative estimate of drug-likeness (QED) is 0.279. The van der Waals surface area contributed by atoms with Crippen LogP contribution in [0, 0.1) is 0 Å². The van der Waals surface area contributed by atoms with Gasteiger partial charge in [-0.1, -0.05) is 0 Å². The zero-order valence-electron chi connectivity index (χ0n) is 6.56. The van der Waals surface area contributed by atoms with Gasteiger partial charge in [0.05, 0.1) is 21.1 Å². The van der Waals surface area contributed by atoms with Crippen molar-refractivity contribution in [2.45, 2.75) is 0 Å². The lowest BCUT2D eigenvalue weighted by atomic mass is 10.5. The van der Waals surface area contributed by atoms with E-state index in [1.54, 1.807) is 0 Å². The summed E-state index contributed by atoms with van der Waals surface area (Å²) in [5.74, 6) is 0. The van der Waals surface area contributed by atoms with E-state index in [2.05, 4.69) is 25.7 Å². The van der Waals surface area contributed by atoms with Gasteiger partial charge in [0.15, 0.2) is 6.61 Å². The maximum atomic E-state index is 9.81. The number of hydrogen-bond acceptors (Lipinski definition) is 2. The standard InChI is InChI=1S/C5H14NO2P.ClH/c1-6(2,3)4-5-8-9-7;/h9H,4-5H2,1-3H3;1H/q+2;/p-1. The SMILES string of the molecule is C[N+](C)(C)CCO[PH+]=O.[Cl-]. The third-order valence-corrected chi connectivity index (χ3v) is 1.25. The van der Waals surface area contributed by atoms with E-state index in [1.165, 1.54) is 0 Å². The van der Waals surface area contributed by atoms with Crippen LogP contribution in [0.5, 0.6) is 0 Å². The van der Waals surface area contributed by atoms with Gasteiger partial charge in [0.1, 0.15) is 6.54 Å². The molecule has 0 aromatic rings. The lowest BCUT2D eigenvalue weighted by Gasteiger charge is -2.21. The largest absolute Gasteiger partial charge is 1.00 e. The van der Waals surface area contributed by atoms with E-state index in [4.69, 9.17) is 0 Å². The molecule has 0 fully saturated rings. The minimum atomic E-state index is -0.616. The van der Waals surface area contributed by atoms with Crippen molar-refractivity contribution in [3.05, 3.63) is 0 Å². The Morgan fingerprint density at radius 1 is 1.40 bits per heavy atom. The molecular weight excluding hydrogens is 172 g/mol. The summed E-state index contributed by atoms with van der Waals surface area (Å²) in [6, 6.07) is 0. The van der Waals surface area contributed by atoms with E-state index < -0.39 is 8.69 Å². The molecule has 0 radical (unpaired) electrons. The molecule has 3 nitrogen and oxygen atoms in total. The number of hydrogen-bond donors (Lipinski definition) is 0. The summed E-state index contributed by atoms with van der Waals surface area (Å²) in [6.07, 6.45) is 0. The third-order valence-electron chi connectivity index (χ3n) is 0.923. The average molecular weight is 187 g/mol. The van der Waals surface area contributed by atoms with E-state index in [0.29, 0.717) is 6.61 Å². The Labute approximate surface area is 69.6 Å². The number of likely N-dealkylation sites (N-methyl/N-ethyl adjacent to an activating group) is 1. The van der Waals surface area contributed by atoms with Crippen molar-refractivity contribution >= 4 is 8.69 Å². The molecule has 0 aromatic heterocycles. The van der Waals surface area contributed by atoms with Crippen LogP contribution < -0.4 is 12.4 Å². The van der Waals surface area contributed by atoms with E-state index >= 15 is 0 Å². The van der Waals surface area contributed by atoms with Crippen LogP contribution in [-0.4, -0.2) is 38.8 Å². The van der Waals surface area contributed by atoms with Crippen LogP contribution in [0.2, 0.25) is 0 Å². The summed E-state index contributed by atoms with van der Waals surface area (Å²) in [5, 5.41) is 0. The van der Waals surface area contributed by atoms with Gasteiger partial charge in [0.2, 0.25) is 0 Å². The molecule has 0 aliphatic rings. The van der Waals surface area contributed by atoms with Gasteiger partial charge in [0, 0.05) is 0 Å². The minimum absolute atomic E-state index is 0. The highest BCUT2D eigenvalue weighted by Crippen LogP contribution is 1.96. The maximum absolute atomic E-state index is 9.81. The fourth-order valence-corrected chi connectivity index (χ4v) is 0.536. The summed E-state index contributed by atoms with van der Waals surface area (Å²) in [7, 11) is 5.58. The fraction of sp³-hybridized carbons (Fsp3) is 1.00. The third kappa shape index (κ3) is 11.2. The maximum Gasteiger partial charge on any atom is 0.494 e. The molecule has 0 spiro atoms. The highest BCUT2D eigenvalue weighted by Gasteiger charge is 2.06. The Balaban J connectivity index is 0. The summed E-state index contributed by atoms with van der Waals surface area (Å²) in [5.41, 5.74) is 0. The first-order chi connectivity index (χ1) is 4.06. The van der Waals surface area contributed by atoms with E-state index in [9.17, 15) is 4.57 Å². The van der Waals surface area contributed by atoms with Crippen LogP contribution in [0.25, 0.3) is 0 Å². The van der Waals surface area contributed by atoms with Crippen LogP contribution in [0.1, 0.15) is 0 Å². The van der Waals surface area contributed by atoms with Crippen LogP contribution in [0.3, 0.4) is 0 Å². The highest BCUT2D eigenvalue weighted by molar-refractivity contribution is 7.17. The second-order valence-electron chi connectivity index (χ2n) is 2.95. The topological polar surface area (TPSA) is 26.3 Å². The Kier molecular flexibility index (Phi) is 7.83. The van der Waals surface area contributed by atoms with Crippen molar-refractivity contribution in [3.63, 3.8) is 0 Å². The van der Waals surface area contributed by atoms with Gasteiger partial charge in [-0.3, -0.25) is 0 Å². The van der Waals surface area contributed by atoms with Crippen molar-refractivity contribution in [3.8, 4) is 0 Å². The Morgan fingerprint density at radius 3 is 2.20 bits per heavy atom. The molecule has 1 atom stereocenters. The average Bonchev–Trinajstić information content (AvgIpc) is 1.63. The van der Waals surface area contributed by atoms with Gasteiger partial charge in [-0.25, -0.2) is 0 Å². The van der Waals surface area contributed by atoms with E-state index in [-0.39, 0.29) is 12.4 Å². The van der Waals surface area contributed by atoms with Gasteiger partial charge in [-0.05, 0) is 4.57 Å². The Hall–Kier alpha value is 0.310. The van der Waals surface area contributed by atoms with Gasteiger partial charge in [0.25, 0.3) is 0 Å². The van der Waals surface area contributed by atoms with Crippen molar-refractivity contribution in [1.82, 2.24) is 0 Å². The number of quaternary nitrogens is 1. The molecule has 0 bridgehead atoms. The second kappa shape index (κ2) is 6.05. The first-order valence-corrected chi connectivity index (χ1v) is 3.67. The molecule has 0 saturated heterocycles. The summed E-state index contributed by atoms with van der Waals surface area (Å²) >= 11 is 0. The van der Waals surface area contributed by atoms with Crippen molar-refractivity contribution in [2.75, 3.05) is 34.3 Å². The molecule has 1 unspecified atom stereocenters. The zero-order chi connectivity index (χ0) is 7.33. The van der Waals surface area contributed by atoms with Gasteiger partial charge < -0.3 is 16.9 Å². The second-order valence-corrected chi connectivity index (χ2v) is 3.40. The van der Waals surface area contributed by atoms with E-state index in [1.807, 2.05) is 0 Å². The predicted molar refractivity (Wildman–Crippen MR) is 37.9 cm³/mol. The van der Waals surface area contributed by atoms with Gasteiger partial charge >= 0.3 is 8.69 Å². The summed E-state index contributed by atoms with van der Waals surface area (Å²) in [4.78, 5) is 0. The molecule has 10 heavy (non-hydrogen) atoms. The molecule has 5 heteroatoms. The molecular formula is C5H14ClNO2P+. The molecule has 0 saturated carbocycles. The molecule has 62 valence electrons. The fourth-order valence-electron chi connectivity index (χ4n) is 0.361. The Morgan fingerprint density at radius 2 is 1.90 bits per heavy atom. The van der Waals surface area contributed by atoms with Crippen LogP contribution in [0.4, 0.5) is 0 Å². The monoisotopic (exact) mass is 186 g/mol. The molecule has 0 rings (SSSR count). The molecule has 0 aliphatic carbocycles. The predicted octanol–water partition coefficient (Wildman–Crippen LogP) is -2.35. The van der Waals surface area contributed by atoms with Gasteiger partial charge in [-0.2, -0.15) is 0 Å². The van der Waals surface area contributed by atoms with Crippen molar-refractivity contribution in [2.24, 2.45) is 0 Å². The first-order valence-electron chi connectivity index (χ1n) is 2.85. The zero-order valence-corrected chi connectivity index (χ0v) is 8.31. The Bertz CT molecular complexity index is 94.1. The highest BCUT2D eigenvalue weighted by atomic mass is 35.5. The number of rotatable bonds is 4. The molecule has 0 N–H and O–H groups in total. The van der Waals surface area contributed by atoms with Crippen LogP contribution >= 0.6 is 8.69 Å². The lowest BCUT2D eigenvalue weighted by Crippen LogP contribution is -3.00. The number of nitrogens with zero attached hydrogens (tertiary/aromatic N) is 1. The summed E-state index contributed by atoms with van der Waals surface area (Å²) < 4.78 is 15.3. The number of halogens is 1. The molecule has 0 aliphatic heterocycles. The normalized spacial score (nSPS) is 11.1.